The fourth-order valence-corrected chi connectivity index (χ4v) is 4.36. The SMILES string of the molecule is N#Cc1ccc(Nc2nnc(C(=O)Nc3ccc([C@H]4CC[C@H](CC(=O)O)CC4)cc3)o2)c(Cl)c1. The second kappa shape index (κ2) is 10.4. The van der Waals surface area contributed by atoms with E-state index in [0.29, 0.717) is 27.9 Å². The molecule has 3 aromatic rings. The largest absolute Gasteiger partial charge is 0.481 e. The molecule has 34 heavy (non-hydrogen) atoms. The van der Waals surface area contributed by atoms with E-state index in [1.54, 1.807) is 12.1 Å². The van der Waals surface area contributed by atoms with E-state index in [1.807, 2.05) is 30.3 Å². The summed E-state index contributed by atoms with van der Waals surface area (Å²) < 4.78 is 5.38. The minimum Gasteiger partial charge on any atom is -0.481 e. The second-order valence-electron chi connectivity index (χ2n) is 8.24. The Bertz CT molecular complexity index is 1230. The monoisotopic (exact) mass is 479 g/mol. The summed E-state index contributed by atoms with van der Waals surface area (Å²) in [6.45, 7) is 0. The van der Waals surface area contributed by atoms with Gasteiger partial charge in [-0.3, -0.25) is 9.59 Å². The number of carboxylic acid groups (broad SMARTS) is 1. The number of hydrogen-bond donors (Lipinski definition) is 3. The Morgan fingerprint density at radius 3 is 2.50 bits per heavy atom. The van der Waals surface area contributed by atoms with Crippen LogP contribution in [0.5, 0.6) is 0 Å². The second-order valence-corrected chi connectivity index (χ2v) is 8.64. The molecular weight excluding hydrogens is 458 g/mol. The smallest absolute Gasteiger partial charge is 0.320 e. The zero-order valence-electron chi connectivity index (χ0n) is 18.1. The Morgan fingerprint density at radius 1 is 1.12 bits per heavy atom. The maximum absolute atomic E-state index is 12.5. The summed E-state index contributed by atoms with van der Waals surface area (Å²) in [5, 5.41) is 31.3. The van der Waals surface area contributed by atoms with Crippen LogP contribution in [0, 0.1) is 17.2 Å². The molecule has 2 aromatic carbocycles. The van der Waals surface area contributed by atoms with Crippen LogP contribution in [0.25, 0.3) is 0 Å². The maximum atomic E-state index is 12.5. The van der Waals surface area contributed by atoms with Crippen molar-refractivity contribution in [1.82, 2.24) is 10.2 Å². The van der Waals surface area contributed by atoms with Crippen molar-refractivity contribution in [3.63, 3.8) is 0 Å². The molecule has 0 unspecified atom stereocenters. The van der Waals surface area contributed by atoms with Crippen LogP contribution in [0.3, 0.4) is 0 Å². The van der Waals surface area contributed by atoms with Crippen LogP contribution < -0.4 is 10.6 Å². The molecule has 1 amide bonds. The molecule has 4 rings (SSSR count). The number of amides is 1. The number of nitrogens with zero attached hydrogens (tertiary/aromatic N) is 3. The molecule has 1 saturated carbocycles. The predicted molar refractivity (Wildman–Crippen MR) is 125 cm³/mol. The van der Waals surface area contributed by atoms with E-state index < -0.39 is 11.9 Å². The fourth-order valence-electron chi connectivity index (χ4n) is 4.14. The van der Waals surface area contributed by atoms with Crippen molar-refractivity contribution in [2.24, 2.45) is 5.92 Å². The number of nitriles is 1. The van der Waals surface area contributed by atoms with E-state index in [1.165, 1.54) is 11.6 Å². The van der Waals surface area contributed by atoms with Gasteiger partial charge in [0.2, 0.25) is 0 Å². The lowest BCUT2D eigenvalue weighted by Crippen LogP contribution is -2.16. The van der Waals surface area contributed by atoms with Gasteiger partial charge in [0.1, 0.15) is 0 Å². The number of hydrogen-bond acceptors (Lipinski definition) is 7. The van der Waals surface area contributed by atoms with Crippen molar-refractivity contribution in [2.45, 2.75) is 38.0 Å². The van der Waals surface area contributed by atoms with Crippen molar-refractivity contribution in [3.8, 4) is 6.07 Å². The van der Waals surface area contributed by atoms with Gasteiger partial charge in [-0.2, -0.15) is 5.26 Å². The van der Waals surface area contributed by atoms with Gasteiger partial charge in [0, 0.05) is 12.1 Å². The van der Waals surface area contributed by atoms with Crippen LogP contribution in [-0.4, -0.2) is 27.2 Å². The van der Waals surface area contributed by atoms with Crippen molar-refractivity contribution in [2.75, 3.05) is 10.6 Å². The van der Waals surface area contributed by atoms with Crippen LogP contribution in [0.1, 0.15) is 59.8 Å². The van der Waals surface area contributed by atoms with Gasteiger partial charge in [-0.1, -0.05) is 28.8 Å². The molecule has 0 saturated heterocycles. The summed E-state index contributed by atoms with van der Waals surface area (Å²) in [4.78, 5) is 23.4. The number of aromatic nitrogens is 2. The summed E-state index contributed by atoms with van der Waals surface area (Å²) in [6, 6.07) is 14.3. The highest BCUT2D eigenvalue weighted by Gasteiger charge is 2.24. The predicted octanol–water partition coefficient (Wildman–Crippen LogP) is 5.34. The molecule has 1 aromatic heterocycles. The summed E-state index contributed by atoms with van der Waals surface area (Å²) in [5.41, 5.74) is 2.65. The van der Waals surface area contributed by atoms with Crippen molar-refractivity contribution in [3.05, 3.63) is 64.5 Å². The molecule has 1 aliphatic rings. The van der Waals surface area contributed by atoms with E-state index in [-0.39, 0.29) is 24.2 Å². The molecule has 0 bridgehead atoms. The van der Waals surface area contributed by atoms with Gasteiger partial charge in [-0.15, -0.1) is 5.10 Å². The highest BCUT2D eigenvalue weighted by atomic mass is 35.5. The number of carbonyl (C=O) groups is 2. The fraction of sp³-hybridized carbons (Fsp3) is 0.292. The summed E-state index contributed by atoms with van der Waals surface area (Å²) in [6.07, 6.45) is 3.99. The summed E-state index contributed by atoms with van der Waals surface area (Å²) >= 11 is 6.12. The number of anilines is 3. The van der Waals surface area contributed by atoms with Gasteiger partial charge < -0.3 is 20.2 Å². The first-order valence-corrected chi connectivity index (χ1v) is 11.2. The third-order valence-corrected chi connectivity index (χ3v) is 6.22. The van der Waals surface area contributed by atoms with Crippen molar-refractivity contribution < 1.29 is 19.1 Å². The van der Waals surface area contributed by atoms with Gasteiger partial charge in [0.15, 0.2) is 0 Å². The normalized spacial score (nSPS) is 17.5. The standard InChI is InChI=1S/C24H22ClN5O4/c25-19-11-15(13-26)3-10-20(19)28-24-30-29-23(34-24)22(33)27-18-8-6-17(7-9-18)16-4-1-14(2-5-16)12-21(31)32/h3,6-11,14,16H,1-2,4-5,12H2,(H,27,33)(H,28,30)(H,31,32)/t14-,16-. The van der Waals surface area contributed by atoms with Crippen molar-refractivity contribution >= 4 is 40.9 Å². The Kier molecular flexibility index (Phi) is 7.09. The topological polar surface area (TPSA) is 141 Å². The van der Waals surface area contributed by atoms with E-state index in [2.05, 4.69) is 20.8 Å². The molecule has 9 nitrogen and oxygen atoms in total. The van der Waals surface area contributed by atoms with Crippen LogP contribution in [0.15, 0.2) is 46.9 Å². The molecule has 1 heterocycles. The summed E-state index contributed by atoms with van der Waals surface area (Å²) in [5.74, 6) is -0.838. The minimum atomic E-state index is -0.731. The molecule has 0 radical (unpaired) electrons. The van der Waals surface area contributed by atoms with Gasteiger partial charge in [0.05, 0.1) is 22.3 Å². The quantitative estimate of drug-likeness (QED) is 0.412. The lowest BCUT2D eigenvalue weighted by atomic mass is 9.77. The van der Waals surface area contributed by atoms with Gasteiger partial charge >= 0.3 is 23.8 Å². The van der Waals surface area contributed by atoms with Gasteiger partial charge in [-0.05, 0) is 73.4 Å². The minimum absolute atomic E-state index is 0.00870. The first kappa shape index (κ1) is 23.3. The Hall–Kier alpha value is -3.90. The molecule has 174 valence electrons. The number of carbonyl (C=O) groups excluding carboxylic acids is 1. The number of nitrogens with one attached hydrogen (secondary N) is 2. The molecular formula is C24H22ClN5O4. The highest BCUT2D eigenvalue weighted by molar-refractivity contribution is 6.33. The number of halogens is 1. The van der Waals surface area contributed by atoms with Crippen LogP contribution in [0.4, 0.5) is 17.4 Å². The molecule has 0 aliphatic heterocycles. The van der Waals surface area contributed by atoms with E-state index in [4.69, 9.17) is 26.4 Å². The highest BCUT2D eigenvalue weighted by Crippen LogP contribution is 2.37. The number of aliphatic carboxylic acids is 1. The third kappa shape index (κ3) is 5.71. The Morgan fingerprint density at radius 2 is 1.85 bits per heavy atom. The van der Waals surface area contributed by atoms with E-state index in [9.17, 15) is 9.59 Å². The number of rotatable bonds is 7. The lowest BCUT2D eigenvalue weighted by molar-refractivity contribution is -0.138. The number of carboxylic acids is 1. The number of benzene rings is 2. The molecule has 3 N–H and O–H groups in total. The molecule has 1 aliphatic carbocycles. The first-order chi connectivity index (χ1) is 16.4. The average Bonchev–Trinajstić information content (AvgIpc) is 3.30. The zero-order chi connectivity index (χ0) is 24.1. The molecule has 1 fully saturated rings. The van der Waals surface area contributed by atoms with Crippen LogP contribution >= 0.6 is 11.6 Å². The Balaban J connectivity index is 1.33. The van der Waals surface area contributed by atoms with Crippen molar-refractivity contribution in [1.29, 1.82) is 5.26 Å². The lowest BCUT2D eigenvalue weighted by Gasteiger charge is -2.28. The van der Waals surface area contributed by atoms with Gasteiger partial charge in [0.25, 0.3) is 0 Å². The van der Waals surface area contributed by atoms with Crippen LogP contribution in [-0.2, 0) is 4.79 Å². The molecule has 10 heteroatoms. The summed E-state index contributed by atoms with van der Waals surface area (Å²) in [7, 11) is 0. The molecule has 0 atom stereocenters. The van der Waals surface area contributed by atoms with E-state index >= 15 is 0 Å². The van der Waals surface area contributed by atoms with Gasteiger partial charge in [-0.25, -0.2) is 0 Å². The average molecular weight is 480 g/mol. The zero-order valence-corrected chi connectivity index (χ0v) is 18.9. The maximum Gasteiger partial charge on any atom is 0.320 e. The first-order valence-electron chi connectivity index (χ1n) is 10.8. The molecule has 0 spiro atoms. The van der Waals surface area contributed by atoms with E-state index in [0.717, 1.165) is 25.7 Å². The van der Waals surface area contributed by atoms with Crippen LogP contribution in [0.2, 0.25) is 5.02 Å². The Labute approximate surface area is 200 Å². The third-order valence-electron chi connectivity index (χ3n) is 5.91.